The minimum absolute atomic E-state index is 0.131. The lowest BCUT2D eigenvalue weighted by atomic mass is 9.95. The van der Waals surface area contributed by atoms with Gasteiger partial charge >= 0.3 is 0 Å². The summed E-state index contributed by atoms with van der Waals surface area (Å²) >= 11 is 0. The summed E-state index contributed by atoms with van der Waals surface area (Å²) in [6.07, 6.45) is 14.8. The van der Waals surface area contributed by atoms with Gasteiger partial charge < -0.3 is 14.8 Å². The molecule has 0 saturated carbocycles. The van der Waals surface area contributed by atoms with Crippen LogP contribution >= 0.6 is 0 Å². The zero-order chi connectivity index (χ0) is 36.3. The third-order valence-corrected chi connectivity index (χ3v) is 10.5. The number of halogens is 1. The number of amides is 2. The Kier molecular flexibility index (Phi) is 13.8. The van der Waals surface area contributed by atoms with Gasteiger partial charge in [-0.2, -0.15) is 0 Å². The molecule has 2 aliphatic rings. The van der Waals surface area contributed by atoms with Crippen molar-refractivity contribution in [1.82, 2.24) is 10.0 Å². The van der Waals surface area contributed by atoms with Crippen molar-refractivity contribution in [3.8, 4) is 0 Å². The van der Waals surface area contributed by atoms with E-state index in [4.69, 9.17) is 9.47 Å². The fourth-order valence-electron chi connectivity index (χ4n) is 6.01. The molecule has 8 nitrogen and oxygen atoms in total. The molecule has 2 N–H and O–H groups in total. The first-order valence-electron chi connectivity index (χ1n) is 17.5. The maximum atomic E-state index is 14.0. The van der Waals surface area contributed by atoms with Crippen molar-refractivity contribution in [2.75, 3.05) is 6.61 Å². The Bertz CT molecular complexity index is 1730. The van der Waals surface area contributed by atoms with E-state index in [0.717, 1.165) is 36.1 Å². The van der Waals surface area contributed by atoms with Crippen LogP contribution in [-0.4, -0.2) is 32.4 Å². The lowest BCUT2D eigenvalue weighted by molar-refractivity contribution is -0.119. The van der Waals surface area contributed by atoms with Crippen molar-refractivity contribution in [3.63, 3.8) is 0 Å². The number of aryl methyl sites for hydroxylation is 1. The van der Waals surface area contributed by atoms with Crippen LogP contribution in [0.25, 0.3) is 0 Å². The van der Waals surface area contributed by atoms with Gasteiger partial charge in [0.2, 0.25) is 5.91 Å². The minimum Gasteiger partial charge on any atom is -0.498 e. The Balaban J connectivity index is 1.51. The van der Waals surface area contributed by atoms with Crippen LogP contribution in [0.1, 0.15) is 106 Å². The first kappa shape index (κ1) is 38.8. The number of carbonyl (C=O) groups excluding carboxylic acids is 2. The molecule has 2 amide bonds. The van der Waals surface area contributed by atoms with E-state index < -0.39 is 21.5 Å². The maximum absolute atomic E-state index is 14.0. The monoisotopic (exact) mass is 706 g/mol. The second-order valence-electron chi connectivity index (χ2n) is 13.8. The molecule has 0 bridgehead atoms. The zero-order valence-electron chi connectivity index (χ0n) is 29.8. The van der Waals surface area contributed by atoms with Gasteiger partial charge in [0, 0.05) is 24.3 Å². The molecule has 0 radical (unpaired) electrons. The van der Waals surface area contributed by atoms with Gasteiger partial charge in [-0.25, -0.2) is 17.5 Å². The van der Waals surface area contributed by atoms with Gasteiger partial charge in [0.25, 0.3) is 15.9 Å². The maximum Gasteiger partial charge on any atom is 0.260 e. The average molecular weight is 707 g/mol. The van der Waals surface area contributed by atoms with Gasteiger partial charge in [-0.3, -0.25) is 9.59 Å². The topological polar surface area (TPSA) is 111 Å². The highest BCUT2D eigenvalue weighted by Crippen LogP contribution is 2.30. The Labute approximate surface area is 297 Å². The highest BCUT2D eigenvalue weighted by Gasteiger charge is 2.29. The molecule has 2 aromatic rings. The molecule has 3 unspecified atom stereocenters. The summed E-state index contributed by atoms with van der Waals surface area (Å²) in [5.74, 6) is -0.753. The van der Waals surface area contributed by atoms with Crippen LogP contribution in [0, 0.1) is 17.7 Å². The molecule has 0 spiro atoms. The van der Waals surface area contributed by atoms with Gasteiger partial charge in [-0.1, -0.05) is 82.7 Å². The summed E-state index contributed by atoms with van der Waals surface area (Å²) in [6.45, 7) is 10.8. The highest BCUT2D eigenvalue weighted by atomic mass is 32.2. The number of ether oxygens (including phenoxy) is 2. The van der Waals surface area contributed by atoms with E-state index in [1.165, 1.54) is 18.2 Å². The number of sulfonamides is 1. The summed E-state index contributed by atoms with van der Waals surface area (Å²) in [5.41, 5.74) is 2.04. The standard InChI is InChI=1S/C40H51FN2O6S/c1-6-7-23-48-34-18-19-37(29(4)25-34)50(46,47)43-38(44)20-15-31-12-11-30(27-49-40(5)21-9-8-10-22-40)26-35(31)39(45)42-36(24-28(2)3)32-13-16-33(41)17-14-32/h8-14,16-19,21,26,28-29,36H,6-7,15,20,22-25,27H2,1-5H3,(H,42,45)(H,43,44). The number of hydrogen-bond donors (Lipinski definition) is 2. The van der Waals surface area contributed by atoms with Crippen LogP contribution in [0.3, 0.4) is 0 Å². The molecule has 0 aromatic heterocycles. The summed E-state index contributed by atoms with van der Waals surface area (Å²) < 4.78 is 54.4. The third kappa shape index (κ3) is 11.3. The molecule has 270 valence electrons. The number of unbranched alkanes of at least 4 members (excludes halogenated alkanes) is 1. The van der Waals surface area contributed by atoms with Gasteiger partial charge in [0.05, 0.1) is 35.5 Å². The molecule has 2 aliphatic carbocycles. The predicted octanol–water partition coefficient (Wildman–Crippen LogP) is 8.14. The Morgan fingerprint density at radius 2 is 1.84 bits per heavy atom. The molecule has 0 fully saturated rings. The molecular formula is C40H51FN2O6S. The number of rotatable bonds is 17. The zero-order valence-corrected chi connectivity index (χ0v) is 30.7. The molecule has 4 rings (SSSR count). The van der Waals surface area contributed by atoms with E-state index in [-0.39, 0.29) is 54.0 Å². The highest BCUT2D eigenvalue weighted by molar-refractivity contribution is 7.93. The lowest BCUT2D eigenvalue weighted by Gasteiger charge is -2.27. The molecule has 2 aromatic carbocycles. The smallest absolute Gasteiger partial charge is 0.260 e. The first-order chi connectivity index (χ1) is 23.8. The number of carbonyl (C=O) groups is 2. The van der Waals surface area contributed by atoms with Crippen LogP contribution < -0.4 is 10.0 Å². The number of nitrogens with one attached hydrogen (secondary N) is 2. The first-order valence-corrected chi connectivity index (χ1v) is 19.0. The van der Waals surface area contributed by atoms with Crippen LogP contribution in [0.2, 0.25) is 0 Å². The van der Waals surface area contributed by atoms with E-state index >= 15 is 0 Å². The predicted molar refractivity (Wildman–Crippen MR) is 195 cm³/mol. The van der Waals surface area contributed by atoms with Gasteiger partial charge in [-0.05, 0) is 85.6 Å². The second kappa shape index (κ2) is 17.8. The fourth-order valence-corrected chi connectivity index (χ4v) is 7.39. The quantitative estimate of drug-likeness (QED) is 0.161. The second-order valence-corrected chi connectivity index (χ2v) is 15.5. The van der Waals surface area contributed by atoms with Crippen LogP contribution in [0.5, 0.6) is 0 Å². The molecule has 0 heterocycles. The third-order valence-electron chi connectivity index (χ3n) is 8.88. The van der Waals surface area contributed by atoms with Crippen molar-refractivity contribution >= 4 is 21.8 Å². The van der Waals surface area contributed by atoms with Crippen molar-refractivity contribution < 1.29 is 31.9 Å². The summed E-state index contributed by atoms with van der Waals surface area (Å²) in [7, 11) is -4.07. The van der Waals surface area contributed by atoms with Crippen LogP contribution in [0.4, 0.5) is 4.39 Å². The van der Waals surface area contributed by atoms with Gasteiger partial charge in [0.15, 0.2) is 0 Å². The molecule has 0 saturated heterocycles. The van der Waals surface area contributed by atoms with Crippen molar-refractivity contribution in [2.24, 2.45) is 11.8 Å². The molecule has 3 atom stereocenters. The Morgan fingerprint density at radius 1 is 1.08 bits per heavy atom. The molecule has 10 heteroatoms. The van der Waals surface area contributed by atoms with Crippen molar-refractivity contribution in [3.05, 3.63) is 118 Å². The summed E-state index contributed by atoms with van der Waals surface area (Å²) in [4.78, 5) is 27.2. The minimum atomic E-state index is -4.07. The SMILES string of the molecule is CCCCOC1=CC=C(S(=O)(=O)NC(=O)CCc2ccc(COC3(C)C=CC=CC3)cc2C(=O)NC(CC(C)C)c2ccc(F)cc2)C(C)C1. The fraction of sp³-hybridized carbons (Fsp3) is 0.450. The van der Waals surface area contributed by atoms with E-state index in [9.17, 15) is 22.4 Å². The van der Waals surface area contributed by atoms with E-state index in [0.29, 0.717) is 30.6 Å². The van der Waals surface area contributed by atoms with E-state index in [1.807, 2.05) is 37.3 Å². The lowest BCUT2D eigenvalue weighted by Crippen LogP contribution is -2.34. The number of benzene rings is 2. The molecule has 0 aliphatic heterocycles. The van der Waals surface area contributed by atoms with Crippen molar-refractivity contribution in [2.45, 2.75) is 97.8 Å². The molecular weight excluding hydrogens is 656 g/mol. The number of hydrogen-bond acceptors (Lipinski definition) is 6. The van der Waals surface area contributed by atoms with Crippen molar-refractivity contribution in [1.29, 1.82) is 0 Å². The van der Waals surface area contributed by atoms with Crippen LogP contribution in [-0.2, 0) is 37.3 Å². The van der Waals surface area contributed by atoms with E-state index in [1.54, 1.807) is 37.3 Å². The van der Waals surface area contributed by atoms with Crippen LogP contribution in [0.15, 0.2) is 89.6 Å². The average Bonchev–Trinajstić information content (AvgIpc) is 3.06. The number of allylic oxidation sites excluding steroid dienone is 6. The summed E-state index contributed by atoms with van der Waals surface area (Å²) in [6, 6.07) is 11.1. The van der Waals surface area contributed by atoms with Gasteiger partial charge in [0.1, 0.15) is 5.82 Å². The Hall–Kier alpha value is -4.02. The van der Waals surface area contributed by atoms with E-state index in [2.05, 4.69) is 30.8 Å². The largest absolute Gasteiger partial charge is 0.498 e. The normalized spacial score (nSPS) is 19.5. The summed E-state index contributed by atoms with van der Waals surface area (Å²) in [5, 5.41) is 3.13. The van der Waals surface area contributed by atoms with Gasteiger partial charge in [-0.15, -0.1) is 0 Å². The molecule has 50 heavy (non-hydrogen) atoms. The Morgan fingerprint density at radius 3 is 2.50 bits per heavy atom.